The van der Waals surface area contributed by atoms with E-state index in [9.17, 15) is 10.4 Å². The average molecular weight is 400 g/mol. The lowest BCUT2D eigenvalue weighted by Gasteiger charge is -2.59. The van der Waals surface area contributed by atoms with Crippen molar-refractivity contribution in [3.63, 3.8) is 0 Å². The lowest BCUT2D eigenvalue weighted by molar-refractivity contribution is -0.217. The molecule has 4 nitrogen and oxygen atoms in total. The molecule has 5 rings (SSSR count). The van der Waals surface area contributed by atoms with Gasteiger partial charge in [0.2, 0.25) is 0 Å². The van der Waals surface area contributed by atoms with Crippen LogP contribution in [0.5, 0.6) is 0 Å². The van der Waals surface area contributed by atoms with E-state index in [0.717, 1.165) is 38.5 Å². The highest BCUT2D eigenvalue weighted by molar-refractivity contribution is 5.39. The Labute approximate surface area is 175 Å². The lowest BCUT2D eigenvalue weighted by atomic mass is 9.45. The van der Waals surface area contributed by atoms with Crippen molar-refractivity contribution in [3.05, 3.63) is 11.1 Å². The first-order chi connectivity index (χ1) is 13.8. The van der Waals surface area contributed by atoms with Crippen LogP contribution in [0.4, 0.5) is 0 Å². The van der Waals surface area contributed by atoms with Gasteiger partial charge >= 0.3 is 0 Å². The second-order valence-electron chi connectivity index (χ2n) is 11.2. The van der Waals surface area contributed by atoms with E-state index in [4.69, 9.17) is 9.47 Å². The highest BCUT2D eigenvalue weighted by Gasteiger charge is 2.64. The van der Waals surface area contributed by atoms with Gasteiger partial charge in [-0.05, 0) is 68.1 Å². The summed E-state index contributed by atoms with van der Waals surface area (Å²) in [5.41, 5.74) is 3.23. The van der Waals surface area contributed by atoms with Crippen molar-refractivity contribution in [1.29, 1.82) is 5.26 Å². The van der Waals surface area contributed by atoms with Crippen LogP contribution >= 0.6 is 0 Å². The highest BCUT2D eigenvalue weighted by atomic mass is 16.7. The van der Waals surface area contributed by atoms with Gasteiger partial charge in [0.05, 0.1) is 24.7 Å². The van der Waals surface area contributed by atoms with Crippen molar-refractivity contribution in [1.82, 2.24) is 0 Å². The van der Waals surface area contributed by atoms with Crippen molar-refractivity contribution in [3.8, 4) is 6.07 Å². The van der Waals surface area contributed by atoms with Crippen LogP contribution in [0.1, 0.15) is 78.6 Å². The summed E-state index contributed by atoms with van der Waals surface area (Å²) in [6.07, 6.45) is 9.49. The van der Waals surface area contributed by atoms with Gasteiger partial charge in [-0.25, -0.2) is 0 Å². The molecule has 3 fully saturated rings. The first-order valence-electron chi connectivity index (χ1n) is 11.9. The van der Waals surface area contributed by atoms with E-state index in [0.29, 0.717) is 43.0 Å². The molecule has 4 aliphatic carbocycles. The molecule has 29 heavy (non-hydrogen) atoms. The van der Waals surface area contributed by atoms with Gasteiger partial charge < -0.3 is 14.6 Å². The summed E-state index contributed by atoms with van der Waals surface area (Å²) >= 11 is 0. The highest BCUT2D eigenvalue weighted by Crippen LogP contribution is 2.70. The van der Waals surface area contributed by atoms with E-state index >= 15 is 0 Å². The molecule has 6 atom stereocenters. The number of hydrogen-bond donors (Lipinski definition) is 1. The molecule has 0 aromatic heterocycles. The van der Waals surface area contributed by atoms with Crippen molar-refractivity contribution in [2.75, 3.05) is 19.8 Å². The summed E-state index contributed by atoms with van der Waals surface area (Å²) in [4.78, 5) is 0. The minimum Gasteiger partial charge on any atom is -0.396 e. The van der Waals surface area contributed by atoms with Crippen LogP contribution in [0.3, 0.4) is 0 Å². The Bertz CT molecular complexity index is 763. The third-order valence-electron chi connectivity index (χ3n) is 10.3. The fraction of sp³-hybridized carbons (Fsp3) is 0.880. The van der Waals surface area contributed by atoms with Gasteiger partial charge in [0, 0.05) is 24.9 Å². The molecule has 1 spiro atoms. The Kier molecular flexibility index (Phi) is 4.53. The smallest absolute Gasteiger partial charge is 0.170 e. The maximum absolute atomic E-state index is 10.4. The fourth-order valence-corrected chi connectivity index (χ4v) is 8.52. The quantitative estimate of drug-likeness (QED) is 0.666. The third kappa shape index (κ3) is 2.54. The number of rotatable bonds is 2. The zero-order chi connectivity index (χ0) is 20.5. The van der Waals surface area contributed by atoms with Crippen LogP contribution in [0.25, 0.3) is 0 Å². The summed E-state index contributed by atoms with van der Waals surface area (Å²) in [6, 6.07) is 2.82. The van der Waals surface area contributed by atoms with Gasteiger partial charge in [0.15, 0.2) is 5.79 Å². The summed E-state index contributed by atoms with van der Waals surface area (Å²) < 4.78 is 12.1. The predicted molar refractivity (Wildman–Crippen MR) is 111 cm³/mol. The molecule has 0 amide bonds. The zero-order valence-corrected chi connectivity index (χ0v) is 18.4. The number of nitrogens with zero attached hydrogens (tertiary/aromatic N) is 1. The minimum atomic E-state index is -0.508. The van der Waals surface area contributed by atoms with Gasteiger partial charge in [0.25, 0.3) is 0 Å². The number of ether oxygens (including phenoxy) is 2. The standard InChI is InChI=1S/C25H37NO3/c1-17(14-27)19-4-5-20-18-6-9-24(16-26)15-25(28-12-13-29-25)11-10-23(24,3)21(18)7-8-22(19,20)2/h17,19-20,27H,4-15H2,1-3H3/t17-,19+,20-,22+,23+,24+/m0/s1. The van der Waals surface area contributed by atoms with Crippen LogP contribution in [0.15, 0.2) is 11.1 Å². The van der Waals surface area contributed by atoms with E-state index in [1.807, 2.05) is 0 Å². The van der Waals surface area contributed by atoms with Crippen LogP contribution in [0, 0.1) is 45.3 Å². The SMILES string of the molecule is C[C@@H](CO)[C@H]1CC[C@H]2C3=C(CC[C@]12C)[C@@]1(C)CCC2(C[C@@]1(C#N)CC3)OCCO2. The predicted octanol–water partition coefficient (Wildman–Crippen LogP) is 4.97. The molecule has 160 valence electrons. The Morgan fingerprint density at radius 1 is 1.10 bits per heavy atom. The van der Waals surface area contributed by atoms with Gasteiger partial charge in [-0.1, -0.05) is 31.9 Å². The molecule has 0 unspecified atom stereocenters. The van der Waals surface area contributed by atoms with Crippen LogP contribution in [-0.2, 0) is 9.47 Å². The van der Waals surface area contributed by atoms with E-state index < -0.39 is 5.79 Å². The molecule has 0 aromatic rings. The van der Waals surface area contributed by atoms with Crippen molar-refractivity contribution < 1.29 is 14.6 Å². The summed E-state index contributed by atoms with van der Waals surface area (Å²) in [6.45, 7) is 8.74. The van der Waals surface area contributed by atoms with Crippen molar-refractivity contribution in [2.24, 2.45) is 34.0 Å². The van der Waals surface area contributed by atoms with E-state index in [-0.39, 0.29) is 10.8 Å². The van der Waals surface area contributed by atoms with Gasteiger partial charge in [0.1, 0.15) is 0 Å². The molecule has 0 radical (unpaired) electrons. The van der Waals surface area contributed by atoms with Gasteiger partial charge in [-0.2, -0.15) is 5.26 Å². The van der Waals surface area contributed by atoms with Crippen LogP contribution < -0.4 is 0 Å². The molecule has 4 heteroatoms. The van der Waals surface area contributed by atoms with E-state index in [1.165, 1.54) is 19.3 Å². The molecule has 0 bridgehead atoms. The number of hydrogen-bond acceptors (Lipinski definition) is 4. The van der Waals surface area contributed by atoms with Crippen molar-refractivity contribution in [2.45, 2.75) is 84.3 Å². The lowest BCUT2D eigenvalue weighted by Crippen LogP contribution is -2.55. The number of allylic oxidation sites excluding steroid dienone is 2. The van der Waals surface area contributed by atoms with E-state index in [2.05, 4.69) is 26.8 Å². The topological polar surface area (TPSA) is 62.5 Å². The number of aliphatic hydroxyl groups is 1. The Balaban J connectivity index is 1.52. The van der Waals surface area contributed by atoms with E-state index in [1.54, 1.807) is 11.1 Å². The number of nitriles is 1. The largest absolute Gasteiger partial charge is 0.396 e. The maximum Gasteiger partial charge on any atom is 0.170 e. The molecule has 5 aliphatic rings. The summed E-state index contributed by atoms with van der Waals surface area (Å²) in [7, 11) is 0. The molecule has 1 aliphatic heterocycles. The summed E-state index contributed by atoms with van der Waals surface area (Å²) in [5.74, 6) is 1.15. The maximum atomic E-state index is 10.4. The third-order valence-corrected chi connectivity index (χ3v) is 10.3. The molecule has 2 saturated carbocycles. The molecule has 1 saturated heterocycles. The molecular weight excluding hydrogens is 362 g/mol. The normalized spacial score (nSPS) is 46.7. The average Bonchev–Trinajstić information content (AvgIpc) is 3.32. The first-order valence-corrected chi connectivity index (χ1v) is 11.9. The Hall–Kier alpha value is -0.890. The first kappa shape index (κ1) is 20.0. The van der Waals surface area contributed by atoms with Crippen molar-refractivity contribution >= 4 is 0 Å². The van der Waals surface area contributed by atoms with Gasteiger partial charge in [-0.3, -0.25) is 0 Å². The Morgan fingerprint density at radius 2 is 1.86 bits per heavy atom. The fourth-order valence-electron chi connectivity index (χ4n) is 8.52. The van der Waals surface area contributed by atoms with Crippen LogP contribution in [-0.4, -0.2) is 30.7 Å². The molecular formula is C25H37NO3. The molecule has 1 N–H and O–H groups in total. The van der Waals surface area contributed by atoms with Crippen LogP contribution in [0.2, 0.25) is 0 Å². The second kappa shape index (κ2) is 6.55. The number of aliphatic hydroxyl groups excluding tert-OH is 1. The molecule has 1 heterocycles. The molecule has 0 aromatic carbocycles. The summed E-state index contributed by atoms with van der Waals surface area (Å²) in [5, 5.41) is 20.3. The monoisotopic (exact) mass is 399 g/mol. The second-order valence-corrected chi connectivity index (χ2v) is 11.2. The van der Waals surface area contributed by atoms with Gasteiger partial charge in [-0.15, -0.1) is 0 Å². The zero-order valence-electron chi connectivity index (χ0n) is 18.4. The number of fused-ring (bicyclic) bond motifs is 4. The Morgan fingerprint density at radius 3 is 2.55 bits per heavy atom. The minimum absolute atomic E-state index is 0.0437.